The van der Waals surface area contributed by atoms with Gasteiger partial charge in [0.15, 0.2) is 0 Å². The molecule has 3 nitrogen and oxygen atoms in total. The van der Waals surface area contributed by atoms with E-state index in [1.54, 1.807) is 24.3 Å². The first-order valence-electron chi connectivity index (χ1n) is 7.14. The Bertz CT molecular complexity index is 482. The fraction of sp³-hybridized carbons (Fsp3) is 0.533. The standard InChI is InChI=1S/C15H19F3N2O/c16-15(17,18)8-7-11-4-3-5-12(10-11)20-14(21)13-6-1-2-9-19-13/h3-5,10,13,19H,1-2,6-9H2,(H,20,21). The van der Waals surface area contributed by atoms with Crippen LogP contribution in [0.2, 0.25) is 0 Å². The Hall–Kier alpha value is -1.56. The average molecular weight is 300 g/mol. The molecule has 1 amide bonds. The van der Waals surface area contributed by atoms with E-state index in [2.05, 4.69) is 10.6 Å². The van der Waals surface area contributed by atoms with Crippen LogP contribution in [0.5, 0.6) is 0 Å². The lowest BCUT2D eigenvalue weighted by Crippen LogP contribution is -2.43. The lowest BCUT2D eigenvalue weighted by Gasteiger charge is -2.22. The number of piperidine rings is 1. The van der Waals surface area contributed by atoms with Gasteiger partial charge in [-0.2, -0.15) is 13.2 Å². The molecule has 1 aliphatic heterocycles. The number of hydrogen-bond donors (Lipinski definition) is 2. The maximum atomic E-state index is 12.2. The van der Waals surface area contributed by atoms with Crippen LogP contribution in [0.3, 0.4) is 0 Å². The van der Waals surface area contributed by atoms with Gasteiger partial charge < -0.3 is 10.6 Å². The Morgan fingerprint density at radius 2 is 2.14 bits per heavy atom. The Labute approximate surface area is 121 Å². The quantitative estimate of drug-likeness (QED) is 0.896. The topological polar surface area (TPSA) is 41.1 Å². The fourth-order valence-electron chi connectivity index (χ4n) is 2.40. The van der Waals surface area contributed by atoms with Crippen LogP contribution in [0.4, 0.5) is 18.9 Å². The molecule has 1 atom stereocenters. The minimum atomic E-state index is -4.16. The smallest absolute Gasteiger partial charge is 0.325 e. The van der Waals surface area contributed by atoms with Crippen LogP contribution in [0.25, 0.3) is 0 Å². The summed E-state index contributed by atoms with van der Waals surface area (Å²) in [5, 5.41) is 5.90. The molecule has 0 aromatic heterocycles. The van der Waals surface area contributed by atoms with Crippen molar-refractivity contribution < 1.29 is 18.0 Å². The van der Waals surface area contributed by atoms with E-state index in [9.17, 15) is 18.0 Å². The highest BCUT2D eigenvalue weighted by atomic mass is 19.4. The third kappa shape index (κ3) is 5.38. The van der Waals surface area contributed by atoms with Gasteiger partial charge in [0.25, 0.3) is 0 Å². The molecule has 2 rings (SSSR count). The van der Waals surface area contributed by atoms with Crippen molar-refractivity contribution in [3.8, 4) is 0 Å². The van der Waals surface area contributed by atoms with Crippen molar-refractivity contribution in [2.45, 2.75) is 44.3 Å². The molecule has 0 aliphatic carbocycles. The summed E-state index contributed by atoms with van der Waals surface area (Å²) in [6.07, 6.45) is -2.22. The first-order valence-corrected chi connectivity index (χ1v) is 7.14. The van der Waals surface area contributed by atoms with Crippen LogP contribution in [-0.2, 0) is 11.2 Å². The summed E-state index contributed by atoms with van der Waals surface area (Å²) in [6.45, 7) is 0.823. The van der Waals surface area contributed by atoms with Gasteiger partial charge in [-0.05, 0) is 43.5 Å². The van der Waals surface area contributed by atoms with Crippen LogP contribution in [0.15, 0.2) is 24.3 Å². The molecule has 1 heterocycles. The van der Waals surface area contributed by atoms with Crippen LogP contribution < -0.4 is 10.6 Å². The van der Waals surface area contributed by atoms with Crippen LogP contribution in [0, 0.1) is 0 Å². The predicted molar refractivity (Wildman–Crippen MR) is 75.1 cm³/mol. The Balaban J connectivity index is 1.92. The summed E-state index contributed by atoms with van der Waals surface area (Å²) in [7, 11) is 0. The van der Waals surface area contributed by atoms with Gasteiger partial charge in [-0.3, -0.25) is 4.79 Å². The Kier molecular flexibility index (Phi) is 5.22. The van der Waals surface area contributed by atoms with Crippen molar-refractivity contribution >= 4 is 11.6 Å². The maximum absolute atomic E-state index is 12.2. The minimum absolute atomic E-state index is 0.0745. The second-order valence-corrected chi connectivity index (χ2v) is 5.31. The largest absolute Gasteiger partial charge is 0.389 e. The predicted octanol–water partition coefficient (Wildman–Crippen LogP) is 3.26. The second kappa shape index (κ2) is 6.93. The molecule has 0 spiro atoms. The summed E-state index contributed by atoms with van der Waals surface area (Å²) in [4.78, 5) is 12.0. The molecule has 0 saturated carbocycles. The van der Waals surface area contributed by atoms with Gasteiger partial charge in [-0.1, -0.05) is 18.6 Å². The van der Waals surface area contributed by atoms with E-state index in [1.807, 2.05) is 0 Å². The van der Waals surface area contributed by atoms with E-state index < -0.39 is 12.6 Å². The monoisotopic (exact) mass is 300 g/mol. The van der Waals surface area contributed by atoms with E-state index >= 15 is 0 Å². The summed E-state index contributed by atoms with van der Waals surface area (Å²) in [5.41, 5.74) is 1.12. The van der Waals surface area contributed by atoms with E-state index in [4.69, 9.17) is 0 Å². The average Bonchev–Trinajstić information content (AvgIpc) is 2.46. The Morgan fingerprint density at radius 3 is 2.81 bits per heavy atom. The highest BCUT2D eigenvalue weighted by molar-refractivity contribution is 5.94. The molecule has 1 aromatic rings. The van der Waals surface area contributed by atoms with E-state index in [0.29, 0.717) is 11.3 Å². The van der Waals surface area contributed by atoms with Gasteiger partial charge in [-0.15, -0.1) is 0 Å². The third-order valence-corrected chi connectivity index (χ3v) is 3.52. The van der Waals surface area contributed by atoms with Gasteiger partial charge in [0, 0.05) is 12.1 Å². The summed E-state index contributed by atoms with van der Waals surface area (Å²) >= 11 is 0. The molecule has 1 unspecified atom stereocenters. The number of carbonyl (C=O) groups excluding carboxylic acids is 1. The lowest BCUT2D eigenvalue weighted by atomic mass is 10.0. The number of hydrogen-bond acceptors (Lipinski definition) is 2. The molecule has 2 N–H and O–H groups in total. The van der Waals surface area contributed by atoms with Crippen molar-refractivity contribution in [2.24, 2.45) is 0 Å². The number of aryl methyl sites for hydroxylation is 1. The van der Waals surface area contributed by atoms with E-state index in [1.165, 1.54) is 0 Å². The fourth-order valence-corrected chi connectivity index (χ4v) is 2.40. The number of rotatable bonds is 4. The van der Waals surface area contributed by atoms with Crippen molar-refractivity contribution in [1.82, 2.24) is 5.32 Å². The van der Waals surface area contributed by atoms with Crippen molar-refractivity contribution in [1.29, 1.82) is 0 Å². The van der Waals surface area contributed by atoms with Crippen LogP contribution in [-0.4, -0.2) is 24.7 Å². The van der Waals surface area contributed by atoms with Gasteiger partial charge in [0.05, 0.1) is 6.04 Å². The number of nitrogens with one attached hydrogen (secondary N) is 2. The first-order chi connectivity index (χ1) is 9.94. The number of anilines is 1. The number of carbonyl (C=O) groups is 1. The Morgan fingerprint density at radius 1 is 1.33 bits per heavy atom. The molecule has 6 heteroatoms. The highest BCUT2D eigenvalue weighted by Crippen LogP contribution is 2.23. The van der Waals surface area contributed by atoms with Gasteiger partial charge in [-0.25, -0.2) is 0 Å². The number of halogens is 3. The number of benzene rings is 1. The molecule has 1 fully saturated rings. The third-order valence-electron chi connectivity index (χ3n) is 3.52. The molecule has 1 saturated heterocycles. The summed E-state index contributed by atoms with van der Waals surface area (Å²) in [6, 6.07) is 6.39. The zero-order valence-corrected chi connectivity index (χ0v) is 11.7. The number of amides is 1. The van der Waals surface area contributed by atoms with E-state index in [-0.39, 0.29) is 18.4 Å². The molecule has 0 radical (unpaired) electrons. The summed E-state index contributed by atoms with van der Waals surface area (Å²) < 4.78 is 36.7. The first kappa shape index (κ1) is 15.8. The zero-order chi connectivity index (χ0) is 15.3. The SMILES string of the molecule is O=C(Nc1cccc(CCC(F)(F)F)c1)C1CCCCN1. The molecule has 1 aliphatic rings. The van der Waals surface area contributed by atoms with Gasteiger partial charge in [0.2, 0.25) is 5.91 Å². The molecule has 0 bridgehead atoms. The van der Waals surface area contributed by atoms with E-state index in [0.717, 1.165) is 25.8 Å². The zero-order valence-electron chi connectivity index (χ0n) is 11.7. The molecular formula is C15H19F3N2O. The normalized spacial score (nSPS) is 19.3. The minimum Gasteiger partial charge on any atom is -0.325 e. The van der Waals surface area contributed by atoms with Crippen LogP contribution in [0.1, 0.15) is 31.2 Å². The molecule has 116 valence electrons. The second-order valence-electron chi connectivity index (χ2n) is 5.31. The van der Waals surface area contributed by atoms with Crippen molar-refractivity contribution in [3.05, 3.63) is 29.8 Å². The van der Waals surface area contributed by atoms with Crippen LogP contribution >= 0.6 is 0 Å². The van der Waals surface area contributed by atoms with Crippen molar-refractivity contribution in [3.63, 3.8) is 0 Å². The maximum Gasteiger partial charge on any atom is 0.389 e. The van der Waals surface area contributed by atoms with Crippen molar-refractivity contribution in [2.75, 3.05) is 11.9 Å². The van der Waals surface area contributed by atoms with Gasteiger partial charge >= 0.3 is 6.18 Å². The lowest BCUT2D eigenvalue weighted by molar-refractivity contribution is -0.134. The number of alkyl halides is 3. The molecule has 1 aromatic carbocycles. The summed E-state index contributed by atoms with van der Waals surface area (Å²) in [5.74, 6) is -0.123. The molecular weight excluding hydrogens is 281 g/mol. The highest BCUT2D eigenvalue weighted by Gasteiger charge is 2.26. The molecule has 21 heavy (non-hydrogen) atoms. The van der Waals surface area contributed by atoms with Gasteiger partial charge in [0.1, 0.15) is 0 Å².